The zero-order valence-corrected chi connectivity index (χ0v) is 11.2. The molecule has 94 valence electrons. The van der Waals surface area contributed by atoms with Crippen LogP contribution in [0.15, 0.2) is 12.4 Å². The molecule has 1 atom stereocenters. The quantitative estimate of drug-likeness (QED) is 0.830. The van der Waals surface area contributed by atoms with Gasteiger partial charge in [0.1, 0.15) is 0 Å². The minimum absolute atomic E-state index is 0.205. The molecule has 1 aromatic rings. The number of hydrogen-bond donors (Lipinski definition) is 0. The third-order valence-corrected chi connectivity index (χ3v) is 3.71. The Labute approximate surface area is 107 Å². The largest absolute Gasteiger partial charge is 0.384 e. The molecule has 2 heterocycles. The lowest BCUT2D eigenvalue weighted by molar-refractivity contribution is 0.112. The highest BCUT2D eigenvalue weighted by molar-refractivity contribution is 6.31. The van der Waals surface area contributed by atoms with Gasteiger partial charge in [-0.15, -0.1) is 0 Å². The van der Waals surface area contributed by atoms with Crippen molar-refractivity contribution in [2.24, 2.45) is 11.3 Å². The summed E-state index contributed by atoms with van der Waals surface area (Å²) in [5.74, 6) is 1.27. The van der Waals surface area contributed by atoms with Crippen LogP contribution in [-0.4, -0.2) is 36.8 Å². The molecule has 1 fully saturated rings. The third kappa shape index (κ3) is 2.53. The van der Waals surface area contributed by atoms with E-state index in [1.165, 1.54) is 0 Å². The maximum atomic E-state index is 6.08. The Bertz CT molecular complexity index is 397. The molecule has 2 rings (SSSR count). The summed E-state index contributed by atoms with van der Waals surface area (Å²) < 4.78 is 5.28. The van der Waals surface area contributed by atoms with E-state index in [1.54, 1.807) is 19.5 Å². The maximum Gasteiger partial charge on any atom is 0.171 e. The van der Waals surface area contributed by atoms with Crippen LogP contribution in [0.25, 0.3) is 0 Å². The van der Waals surface area contributed by atoms with Crippen molar-refractivity contribution in [3.63, 3.8) is 0 Å². The first kappa shape index (κ1) is 12.6. The average Bonchev–Trinajstić information content (AvgIpc) is 2.56. The van der Waals surface area contributed by atoms with Gasteiger partial charge in [0.05, 0.1) is 6.61 Å². The number of halogens is 1. The molecule has 1 saturated heterocycles. The highest BCUT2D eigenvalue weighted by Crippen LogP contribution is 2.38. The lowest BCUT2D eigenvalue weighted by Crippen LogP contribution is -2.26. The van der Waals surface area contributed by atoms with E-state index in [0.717, 1.165) is 25.5 Å². The predicted molar refractivity (Wildman–Crippen MR) is 68.4 cm³/mol. The van der Waals surface area contributed by atoms with Crippen molar-refractivity contribution < 1.29 is 4.74 Å². The van der Waals surface area contributed by atoms with Crippen LogP contribution in [0.3, 0.4) is 0 Å². The van der Waals surface area contributed by atoms with Crippen LogP contribution in [0.2, 0.25) is 5.15 Å². The fourth-order valence-electron chi connectivity index (χ4n) is 2.37. The molecule has 1 aliphatic rings. The summed E-state index contributed by atoms with van der Waals surface area (Å²) in [6, 6.07) is 0. The Morgan fingerprint density at radius 1 is 1.47 bits per heavy atom. The summed E-state index contributed by atoms with van der Waals surface area (Å²) in [6.07, 6.45) is 3.29. The smallest absolute Gasteiger partial charge is 0.171 e. The van der Waals surface area contributed by atoms with Gasteiger partial charge in [-0.05, 0) is 5.41 Å². The normalized spacial score (nSPS) is 23.1. The summed E-state index contributed by atoms with van der Waals surface area (Å²) in [5, 5.41) is 0.473. The molecule has 5 heteroatoms. The first-order chi connectivity index (χ1) is 8.04. The molecular weight excluding hydrogens is 238 g/mol. The number of aromatic nitrogens is 2. The Morgan fingerprint density at radius 2 is 2.18 bits per heavy atom. The van der Waals surface area contributed by atoms with E-state index in [2.05, 4.69) is 28.7 Å². The van der Waals surface area contributed by atoms with E-state index in [1.807, 2.05) is 0 Å². The molecule has 1 aromatic heterocycles. The molecule has 0 N–H and O–H groups in total. The van der Waals surface area contributed by atoms with Gasteiger partial charge >= 0.3 is 0 Å². The molecule has 0 aromatic carbocycles. The van der Waals surface area contributed by atoms with Crippen LogP contribution in [0.1, 0.15) is 13.8 Å². The van der Waals surface area contributed by atoms with Crippen LogP contribution in [-0.2, 0) is 4.74 Å². The minimum atomic E-state index is 0.205. The monoisotopic (exact) mass is 255 g/mol. The SMILES string of the molecule is COC[C@H]1CN(c2nccnc2Cl)CC1(C)C. The number of methoxy groups -OCH3 is 1. The second-order valence-corrected chi connectivity index (χ2v) is 5.55. The Kier molecular flexibility index (Phi) is 3.54. The topological polar surface area (TPSA) is 38.2 Å². The summed E-state index contributed by atoms with van der Waals surface area (Å²) in [4.78, 5) is 10.6. The van der Waals surface area contributed by atoms with Gasteiger partial charge in [-0.3, -0.25) is 0 Å². The van der Waals surface area contributed by atoms with E-state index < -0.39 is 0 Å². The van der Waals surface area contributed by atoms with Crippen LogP contribution >= 0.6 is 11.6 Å². The number of rotatable bonds is 3. The van der Waals surface area contributed by atoms with Crippen molar-refractivity contribution in [1.29, 1.82) is 0 Å². The number of ether oxygens (including phenoxy) is 1. The molecule has 0 amide bonds. The summed E-state index contributed by atoms with van der Waals surface area (Å²) in [7, 11) is 1.74. The molecule has 17 heavy (non-hydrogen) atoms. The molecule has 0 saturated carbocycles. The lowest BCUT2D eigenvalue weighted by atomic mass is 9.83. The fourth-order valence-corrected chi connectivity index (χ4v) is 2.59. The summed E-state index contributed by atoms with van der Waals surface area (Å²) in [5.41, 5.74) is 0.205. The first-order valence-corrected chi connectivity index (χ1v) is 6.13. The van der Waals surface area contributed by atoms with Crippen LogP contribution in [0.5, 0.6) is 0 Å². The van der Waals surface area contributed by atoms with Crippen molar-refractivity contribution in [1.82, 2.24) is 9.97 Å². The third-order valence-electron chi connectivity index (χ3n) is 3.45. The predicted octanol–water partition coefficient (Wildman–Crippen LogP) is 2.24. The Hall–Kier alpha value is -0.870. The molecule has 0 unspecified atom stereocenters. The minimum Gasteiger partial charge on any atom is -0.384 e. The Balaban J connectivity index is 2.18. The van der Waals surface area contributed by atoms with Gasteiger partial charge < -0.3 is 9.64 Å². The average molecular weight is 256 g/mol. The zero-order chi connectivity index (χ0) is 12.5. The summed E-state index contributed by atoms with van der Waals surface area (Å²) >= 11 is 6.08. The highest BCUT2D eigenvalue weighted by Gasteiger charge is 2.40. The maximum absolute atomic E-state index is 6.08. The Morgan fingerprint density at radius 3 is 2.82 bits per heavy atom. The molecule has 0 radical (unpaired) electrons. The van der Waals surface area contributed by atoms with Gasteiger partial charge in [0, 0.05) is 38.5 Å². The van der Waals surface area contributed by atoms with Gasteiger partial charge in [-0.1, -0.05) is 25.4 Å². The number of anilines is 1. The lowest BCUT2D eigenvalue weighted by Gasteiger charge is -2.24. The van der Waals surface area contributed by atoms with E-state index in [0.29, 0.717) is 11.1 Å². The van der Waals surface area contributed by atoms with Crippen molar-refractivity contribution in [3.05, 3.63) is 17.5 Å². The zero-order valence-electron chi connectivity index (χ0n) is 10.5. The van der Waals surface area contributed by atoms with Crippen molar-refractivity contribution in [3.8, 4) is 0 Å². The van der Waals surface area contributed by atoms with Crippen LogP contribution < -0.4 is 4.90 Å². The molecule has 4 nitrogen and oxygen atoms in total. The molecule has 0 bridgehead atoms. The van der Waals surface area contributed by atoms with E-state index in [-0.39, 0.29) is 5.41 Å². The standard InChI is InChI=1S/C12H18ClN3O/c1-12(2)8-16(6-9(12)7-17-3)11-10(13)14-4-5-15-11/h4-5,9H,6-8H2,1-3H3/t9-/m1/s1. The van der Waals surface area contributed by atoms with Crippen molar-refractivity contribution >= 4 is 17.4 Å². The van der Waals surface area contributed by atoms with Gasteiger partial charge in [-0.2, -0.15) is 0 Å². The molecule has 0 aliphatic carbocycles. The summed E-state index contributed by atoms with van der Waals surface area (Å²) in [6.45, 7) is 7.11. The second kappa shape index (κ2) is 4.78. The fraction of sp³-hybridized carbons (Fsp3) is 0.667. The van der Waals surface area contributed by atoms with Gasteiger partial charge in [0.15, 0.2) is 11.0 Å². The van der Waals surface area contributed by atoms with Gasteiger partial charge in [-0.25, -0.2) is 9.97 Å². The van der Waals surface area contributed by atoms with Crippen LogP contribution in [0, 0.1) is 11.3 Å². The number of hydrogen-bond acceptors (Lipinski definition) is 4. The van der Waals surface area contributed by atoms with Crippen molar-refractivity contribution in [2.45, 2.75) is 13.8 Å². The first-order valence-electron chi connectivity index (χ1n) is 5.75. The van der Waals surface area contributed by atoms with E-state index >= 15 is 0 Å². The van der Waals surface area contributed by atoms with Crippen molar-refractivity contribution in [2.75, 3.05) is 31.7 Å². The molecular formula is C12H18ClN3O. The highest BCUT2D eigenvalue weighted by atomic mass is 35.5. The van der Waals surface area contributed by atoms with Crippen LogP contribution in [0.4, 0.5) is 5.82 Å². The van der Waals surface area contributed by atoms with E-state index in [4.69, 9.17) is 16.3 Å². The number of nitrogens with zero attached hydrogens (tertiary/aromatic N) is 3. The van der Waals surface area contributed by atoms with Gasteiger partial charge in [0.2, 0.25) is 0 Å². The molecule has 0 spiro atoms. The van der Waals surface area contributed by atoms with Gasteiger partial charge in [0.25, 0.3) is 0 Å². The molecule has 1 aliphatic heterocycles. The second-order valence-electron chi connectivity index (χ2n) is 5.19. The van der Waals surface area contributed by atoms with E-state index in [9.17, 15) is 0 Å².